The molecule has 5 aliphatic carbocycles. The molecule has 4 saturated carbocycles. The molecule has 9 rings (SSSR count). The summed E-state index contributed by atoms with van der Waals surface area (Å²) in [4.78, 5) is 53.9. The van der Waals surface area contributed by atoms with Gasteiger partial charge in [0, 0.05) is 24.3 Å². The number of carboxylic acids is 1. The van der Waals surface area contributed by atoms with E-state index in [0.29, 0.717) is 37.7 Å². The Labute approximate surface area is 498 Å². The summed E-state index contributed by atoms with van der Waals surface area (Å²) in [7, 11) is 0. The number of aliphatic hydroxyl groups is 12. The fourth-order valence-corrected chi connectivity index (χ4v) is 17.0. The molecule has 9 aliphatic rings. The van der Waals surface area contributed by atoms with Crippen LogP contribution in [0, 0.1) is 50.2 Å². The van der Waals surface area contributed by atoms with Gasteiger partial charge in [-0.2, -0.15) is 0 Å². The van der Waals surface area contributed by atoms with E-state index in [1.165, 1.54) is 6.92 Å². The second-order valence-electron chi connectivity index (χ2n) is 27.3. The fourth-order valence-electron chi connectivity index (χ4n) is 17.0. The van der Waals surface area contributed by atoms with E-state index in [1.807, 2.05) is 13.8 Å². The second kappa shape index (κ2) is 24.8. The molecule has 4 saturated heterocycles. The summed E-state index contributed by atoms with van der Waals surface area (Å²) in [6, 6.07) is 0. The molecule has 8 fully saturated rings. The van der Waals surface area contributed by atoms with E-state index >= 15 is 0 Å². The maximum atomic E-state index is 14.2. The normalized spacial score (nSPS) is 51.1. The van der Waals surface area contributed by atoms with Crippen LogP contribution in [0.4, 0.5) is 0 Å². The van der Waals surface area contributed by atoms with Crippen molar-refractivity contribution < 1.29 is 133 Å². The van der Waals surface area contributed by atoms with Crippen LogP contribution in [-0.2, 0) is 66.5 Å². The van der Waals surface area contributed by atoms with Crippen molar-refractivity contribution in [2.75, 3.05) is 19.8 Å². The van der Waals surface area contributed by atoms with Crippen LogP contribution in [0.5, 0.6) is 0 Å². The number of fused-ring (bicyclic) bond motifs is 7. The van der Waals surface area contributed by atoms with Gasteiger partial charge in [0.2, 0.25) is 0 Å². The average molecular weight is 1230 g/mol. The van der Waals surface area contributed by atoms with Crippen LogP contribution in [0.2, 0.25) is 0 Å². The van der Waals surface area contributed by atoms with Crippen LogP contribution in [0.25, 0.3) is 0 Å². The summed E-state index contributed by atoms with van der Waals surface area (Å²) in [5, 5.41) is 143. The lowest BCUT2D eigenvalue weighted by atomic mass is 9.33. The molecule has 4 aliphatic heterocycles. The summed E-state index contributed by atoms with van der Waals surface area (Å²) in [6.45, 7) is 14.6. The predicted octanol–water partition coefficient (Wildman–Crippen LogP) is -1.66. The topological polar surface area (TPSA) is 424 Å². The highest BCUT2D eigenvalue weighted by Gasteiger charge is 2.74. The fraction of sp³-hybridized carbons (Fsp3) is 0.864. The van der Waals surface area contributed by atoms with E-state index < -0.39 is 224 Å². The van der Waals surface area contributed by atoms with Crippen molar-refractivity contribution in [2.45, 2.75) is 249 Å². The first-order valence-electron chi connectivity index (χ1n) is 29.9. The number of carboxylic acid groups (broad SMARTS) is 1. The molecule has 488 valence electrons. The minimum Gasteiger partial charge on any atom is -0.479 e. The Morgan fingerprint density at radius 3 is 2.00 bits per heavy atom. The number of ether oxygens (including phenoxy) is 10. The smallest absolute Gasteiger partial charge is 0.335 e. The van der Waals surface area contributed by atoms with Crippen molar-refractivity contribution in [3.05, 3.63) is 23.3 Å². The molecule has 0 amide bonds. The molecule has 0 bridgehead atoms. The highest BCUT2D eigenvalue weighted by Crippen LogP contribution is 2.76. The number of hydrogen-bond acceptors (Lipinski definition) is 26. The van der Waals surface area contributed by atoms with Crippen LogP contribution in [0.15, 0.2) is 23.3 Å². The summed E-state index contributed by atoms with van der Waals surface area (Å²) in [6.07, 6.45) is -32.6. The molecule has 0 aromatic heterocycles. The van der Waals surface area contributed by atoms with E-state index in [0.717, 1.165) is 11.9 Å². The minimum absolute atomic E-state index is 0.107. The lowest BCUT2D eigenvalue weighted by molar-refractivity contribution is -0.405. The number of esters is 2. The van der Waals surface area contributed by atoms with Gasteiger partial charge in [-0.15, -0.1) is 0 Å². The molecule has 0 aromatic rings. The zero-order chi connectivity index (χ0) is 63.3. The first-order valence-corrected chi connectivity index (χ1v) is 29.9. The van der Waals surface area contributed by atoms with Crippen molar-refractivity contribution in [3.8, 4) is 0 Å². The number of aliphatic hydroxyl groups excluding tert-OH is 12. The number of hydrogen-bond donors (Lipinski definition) is 13. The monoisotopic (exact) mass is 1230 g/mol. The Kier molecular flexibility index (Phi) is 19.3. The van der Waals surface area contributed by atoms with Crippen molar-refractivity contribution in [2.24, 2.45) is 50.2 Å². The standard InChI is InChI=1S/C59H90O27/c1-10-24(2)48(75)85-46-45(72)59(23-62)27(18-54(46,4)5)26-11-12-33-55(6)15-14-34(56(7,22-61)32(55)13-16-57(33,8)58(26,9)19-35(59)78-25(3)63)81-53-44(84-52-40(70)38(68)37(67)31(20-60)80-52)42(41(71)43(83-53)47(73)74)82-50-30(17-28(64)49(76)86-50)79-51-39(69)36(66)29(65)21-77-51/h10-11,22,27-46,49-53,60,62,64-72,76H,12-21,23H2,1-9H3,(H,73,74). The SMILES string of the molecule is CC=C(C)C(=O)OC1C(O)C2(CO)C(OC(C)=O)CC3(C)C(=CCC4C5(C)CCC(OC6OC(C(=O)O)C(O)C(OC7OC(O)C(O)CC7OC7OCC(O)C(O)C7O)C6OC6OC(CO)C(O)C(O)C6O)C(C)(C=O)C5CCC43C)C2CC1(C)C. The summed E-state index contributed by atoms with van der Waals surface area (Å²) < 4.78 is 60.5. The predicted molar refractivity (Wildman–Crippen MR) is 288 cm³/mol. The summed E-state index contributed by atoms with van der Waals surface area (Å²) in [5.74, 6) is -4.20. The summed E-state index contributed by atoms with van der Waals surface area (Å²) >= 11 is 0. The van der Waals surface area contributed by atoms with Gasteiger partial charge in [-0.1, -0.05) is 59.3 Å². The number of carbonyl (C=O) groups excluding carboxylic acids is 3. The van der Waals surface area contributed by atoms with Gasteiger partial charge in [-0.05, 0) is 92.8 Å². The van der Waals surface area contributed by atoms with Crippen LogP contribution in [-0.4, -0.2) is 246 Å². The average Bonchev–Trinajstić information content (AvgIpc) is 0.671. The molecule has 0 radical (unpaired) electrons. The van der Waals surface area contributed by atoms with Crippen LogP contribution in [0.1, 0.15) is 114 Å². The number of allylic oxidation sites excluding steroid dienone is 3. The quantitative estimate of drug-likeness (QED) is 0.0287. The van der Waals surface area contributed by atoms with Crippen molar-refractivity contribution in [1.29, 1.82) is 0 Å². The molecule has 27 nitrogen and oxygen atoms in total. The Morgan fingerprint density at radius 2 is 1.37 bits per heavy atom. The van der Waals surface area contributed by atoms with Gasteiger partial charge >= 0.3 is 17.9 Å². The largest absolute Gasteiger partial charge is 0.479 e. The van der Waals surface area contributed by atoms with E-state index in [-0.39, 0.29) is 18.8 Å². The molecule has 13 N–H and O–H groups in total. The Bertz CT molecular complexity index is 2550. The first-order chi connectivity index (χ1) is 40.2. The van der Waals surface area contributed by atoms with Crippen LogP contribution < -0.4 is 0 Å². The molecule has 27 heteroatoms. The maximum Gasteiger partial charge on any atom is 0.335 e. The van der Waals surface area contributed by atoms with E-state index in [9.17, 15) is 85.6 Å². The molecule has 30 unspecified atom stereocenters. The van der Waals surface area contributed by atoms with Gasteiger partial charge in [0.25, 0.3) is 0 Å². The molecule has 30 atom stereocenters. The molecular formula is C59H90O27. The van der Waals surface area contributed by atoms with Crippen molar-refractivity contribution >= 4 is 24.2 Å². The van der Waals surface area contributed by atoms with Gasteiger partial charge in [0.1, 0.15) is 97.8 Å². The third-order valence-electron chi connectivity index (χ3n) is 22.2. The van der Waals surface area contributed by atoms with E-state index in [4.69, 9.17) is 47.4 Å². The highest BCUT2D eigenvalue weighted by molar-refractivity contribution is 5.87. The number of aldehydes is 1. The molecule has 0 aromatic carbocycles. The van der Waals surface area contributed by atoms with Gasteiger partial charge in [-0.25, -0.2) is 9.59 Å². The zero-order valence-electron chi connectivity index (χ0n) is 50.0. The maximum absolute atomic E-state index is 14.2. The van der Waals surface area contributed by atoms with Crippen LogP contribution >= 0.6 is 0 Å². The molecule has 86 heavy (non-hydrogen) atoms. The Morgan fingerprint density at radius 1 is 0.698 bits per heavy atom. The Hall–Kier alpha value is -3.24. The number of carbonyl (C=O) groups is 4. The molecule has 0 spiro atoms. The highest BCUT2D eigenvalue weighted by atomic mass is 16.8. The van der Waals surface area contributed by atoms with E-state index in [1.54, 1.807) is 26.8 Å². The van der Waals surface area contributed by atoms with Gasteiger partial charge in [0.05, 0.1) is 36.8 Å². The zero-order valence-corrected chi connectivity index (χ0v) is 50.0. The van der Waals surface area contributed by atoms with Crippen molar-refractivity contribution in [1.82, 2.24) is 0 Å². The van der Waals surface area contributed by atoms with Gasteiger partial charge in [-0.3, -0.25) is 4.79 Å². The third kappa shape index (κ3) is 11.0. The lowest BCUT2D eigenvalue weighted by Gasteiger charge is -2.72. The first kappa shape index (κ1) is 67.2. The second-order valence-corrected chi connectivity index (χ2v) is 27.3. The third-order valence-corrected chi connectivity index (χ3v) is 22.2. The van der Waals surface area contributed by atoms with Crippen molar-refractivity contribution in [3.63, 3.8) is 0 Å². The lowest BCUT2D eigenvalue weighted by Crippen LogP contribution is -2.72. The molecule has 4 heterocycles. The number of rotatable bonds is 15. The van der Waals surface area contributed by atoms with E-state index in [2.05, 4.69) is 26.8 Å². The molecular weight excluding hydrogens is 1140 g/mol. The minimum atomic E-state index is -2.28. The van der Waals surface area contributed by atoms with Gasteiger partial charge < -0.3 is 119 Å². The van der Waals surface area contributed by atoms with Gasteiger partial charge in [0.15, 0.2) is 37.6 Å². The summed E-state index contributed by atoms with van der Waals surface area (Å²) in [5.41, 5.74) is -4.44. The van der Waals surface area contributed by atoms with Crippen LogP contribution in [0.3, 0.4) is 0 Å². The Balaban J connectivity index is 1.06. The number of aliphatic carboxylic acids is 1.